The second-order valence-corrected chi connectivity index (χ2v) is 4.64. The van der Waals surface area contributed by atoms with E-state index in [-0.39, 0.29) is 0 Å². The van der Waals surface area contributed by atoms with E-state index in [1.807, 2.05) is 48.5 Å². The van der Waals surface area contributed by atoms with Crippen LogP contribution in [-0.4, -0.2) is 26.8 Å². The molecule has 0 radical (unpaired) electrons. The first-order valence-electron chi connectivity index (χ1n) is 7.11. The van der Waals surface area contributed by atoms with E-state index < -0.39 is 0 Å². The minimum Gasteiger partial charge on any atom is -0.493 e. The lowest BCUT2D eigenvalue weighted by Gasteiger charge is -2.24. The van der Waals surface area contributed by atoms with Gasteiger partial charge in [-0.2, -0.15) is 0 Å². The molecule has 112 valence electrons. The molecule has 0 unspecified atom stereocenters. The number of nitrogens with two attached hydrogens (primary N) is 1. The Labute approximate surface area is 126 Å². The van der Waals surface area contributed by atoms with Gasteiger partial charge in [-0.25, -0.2) is 0 Å². The third-order valence-corrected chi connectivity index (χ3v) is 3.35. The van der Waals surface area contributed by atoms with Gasteiger partial charge in [0.1, 0.15) is 6.61 Å². The summed E-state index contributed by atoms with van der Waals surface area (Å²) >= 11 is 0. The maximum absolute atomic E-state index is 6.02. The monoisotopic (exact) mass is 286 g/mol. The molecule has 4 heteroatoms. The summed E-state index contributed by atoms with van der Waals surface area (Å²) in [6.07, 6.45) is 0. The van der Waals surface area contributed by atoms with Gasteiger partial charge in [0.25, 0.3) is 0 Å². The van der Waals surface area contributed by atoms with Crippen molar-refractivity contribution in [1.82, 2.24) is 0 Å². The predicted octanol–water partition coefficient (Wildman–Crippen LogP) is 3.18. The molecule has 0 spiro atoms. The smallest absolute Gasteiger partial charge is 0.161 e. The molecule has 0 aliphatic carbocycles. The van der Waals surface area contributed by atoms with E-state index in [1.165, 1.54) is 0 Å². The van der Waals surface area contributed by atoms with Crippen LogP contribution in [0.5, 0.6) is 11.5 Å². The van der Waals surface area contributed by atoms with Gasteiger partial charge >= 0.3 is 0 Å². The van der Waals surface area contributed by atoms with E-state index in [1.54, 1.807) is 7.11 Å². The Balaban J connectivity index is 1.97. The van der Waals surface area contributed by atoms with Gasteiger partial charge in [0.05, 0.1) is 25.0 Å². The molecule has 2 rings (SSSR count). The zero-order valence-electron chi connectivity index (χ0n) is 12.6. The molecule has 2 N–H and O–H groups in total. The van der Waals surface area contributed by atoms with E-state index in [0.717, 1.165) is 36.0 Å². The quantitative estimate of drug-likeness (QED) is 0.794. The van der Waals surface area contributed by atoms with Crippen LogP contribution in [0.3, 0.4) is 0 Å². The number of likely N-dealkylation sites (N-methyl/N-ethyl adjacent to an activating group) is 1. The minimum absolute atomic E-state index is 0.572. The molecule has 0 bridgehead atoms. The lowest BCUT2D eigenvalue weighted by atomic mass is 10.2. The van der Waals surface area contributed by atoms with Crippen molar-refractivity contribution in [1.29, 1.82) is 0 Å². The number of anilines is 2. The molecule has 0 aliphatic rings. The number of benzene rings is 2. The van der Waals surface area contributed by atoms with Crippen LogP contribution in [0.1, 0.15) is 6.92 Å². The summed E-state index contributed by atoms with van der Waals surface area (Å²) in [6.45, 7) is 4.32. The van der Waals surface area contributed by atoms with Crippen molar-refractivity contribution < 1.29 is 9.47 Å². The molecule has 0 fully saturated rings. The summed E-state index contributed by atoms with van der Waals surface area (Å²) in [4.78, 5) is 2.20. The summed E-state index contributed by atoms with van der Waals surface area (Å²) in [5.74, 6) is 1.51. The molecule has 0 amide bonds. The highest BCUT2D eigenvalue weighted by atomic mass is 16.5. The van der Waals surface area contributed by atoms with Crippen molar-refractivity contribution in [2.24, 2.45) is 0 Å². The molecule has 0 heterocycles. The molecule has 0 saturated carbocycles. The van der Waals surface area contributed by atoms with Crippen LogP contribution in [0.15, 0.2) is 48.5 Å². The number of nitrogen functional groups attached to an aromatic ring is 1. The average molecular weight is 286 g/mol. The Kier molecular flexibility index (Phi) is 5.32. The first kappa shape index (κ1) is 15.0. The number of rotatable bonds is 7. The van der Waals surface area contributed by atoms with Crippen molar-refractivity contribution >= 4 is 11.4 Å². The van der Waals surface area contributed by atoms with E-state index >= 15 is 0 Å². The fourth-order valence-corrected chi connectivity index (χ4v) is 2.23. The summed E-state index contributed by atoms with van der Waals surface area (Å²) in [5, 5.41) is 0. The molecular weight excluding hydrogens is 264 g/mol. The van der Waals surface area contributed by atoms with Gasteiger partial charge in [-0.3, -0.25) is 0 Å². The van der Waals surface area contributed by atoms with Crippen molar-refractivity contribution in [3.63, 3.8) is 0 Å². The molecule has 0 aromatic heterocycles. The number of methoxy groups -OCH3 is 1. The highest BCUT2D eigenvalue weighted by Gasteiger charge is 2.08. The van der Waals surface area contributed by atoms with Gasteiger partial charge in [-0.1, -0.05) is 24.3 Å². The van der Waals surface area contributed by atoms with Crippen molar-refractivity contribution in [2.75, 3.05) is 37.4 Å². The van der Waals surface area contributed by atoms with Crippen LogP contribution in [0.4, 0.5) is 11.4 Å². The van der Waals surface area contributed by atoms with Gasteiger partial charge in [0.2, 0.25) is 0 Å². The SMILES string of the molecule is CCN(CCOc1ccccc1OC)c1ccccc1N. The fourth-order valence-electron chi connectivity index (χ4n) is 2.23. The summed E-state index contributed by atoms with van der Waals surface area (Å²) < 4.78 is 11.1. The van der Waals surface area contributed by atoms with E-state index in [4.69, 9.17) is 15.2 Å². The zero-order valence-corrected chi connectivity index (χ0v) is 12.6. The van der Waals surface area contributed by atoms with E-state index in [0.29, 0.717) is 6.61 Å². The van der Waals surface area contributed by atoms with Crippen LogP contribution in [0, 0.1) is 0 Å². The zero-order chi connectivity index (χ0) is 15.1. The predicted molar refractivity (Wildman–Crippen MR) is 87.2 cm³/mol. The first-order valence-corrected chi connectivity index (χ1v) is 7.11. The standard InChI is InChI=1S/C17H22N2O2/c1-3-19(15-9-5-4-8-14(15)18)12-13-21-17-11-7-6-10-16(17)20-2/h4-11H,3,12-13,18H2,1-2H3. The minimum atomic E-state index is 0.572. The van der Waals surface area contributed by atoms with Crippen LogP contribution in [-0.2, 0) is 0 Å². The normalized spacial score (nSPS) is 10.2. The molecule has 0 atom stereocenters. The Morgan fingerprint density at radius 1 is 1.00 bits per heavy atom. The molecule has 4 nitrogen and oxygen atoms in total. The highest BCUT2D eigenvalue weighted by molar-refractivity contribution is 5.67. The number of nitrogens with zero attached hydrogens (tertiary/aromatic N) is 1. The molecule has 0 saturated heterocycles. The molecule has 2 aromatic rings. The molecule has 0 aliphatic heterocycles. The molecule has 21 heavy (non-hydrogen) atoms. The van der Waals surface area contributed by atoms with Gasteiger partial charge in [-0.05, 0) is 31.2 Å². The lowest BCUT2D eigenvalue weighted by Crippen LogP contribution is -2.28. The number of para-hydroxylation sites is 4. The van der Waals surface area contributed by atoms with E-state index in [9.17, 15) is 0 Å². The van der Waals surface area contributed by atoms with Crippen LogP contribution in [0.25, 0.3) is 0 Å². The topological polar surface area (TPSA) is 47.7 Å². The van der Waals surface area contributed by atoms with Crippen molar-refractivity contribution in [2.45, 2.75) is 6.92 Å². The second kappa shape index (κ2) is 7.43. The summed E-state index contributed by atoms with van der Waals surface area (Å²) in [6, 6.07) is 15.5. The number of hydrogen-bond acceptors (Lipinski definition) is 4. The molecular formula is C17H22N2O2. The first-order chi connectivity index (χ1) is 10.3. The Hall–Kier alpha value is -2.36. The van der Waals surface area contributed by atoms with Gasteiger partial charge in [-0.15, -0.1) is 0 Å². The van der Waals surface area contributed by atoms with Crippen LogP contribution < -0.4 is 20.1 Å². The number of ether oxygens (including phenoxy) is 2. The second-order valence-electron chi connectivity index (χ2n) is 4.64. The van der Waals surface area contributed by atoms with Crippen LogP contribution in [0.2, 0.25) is 0 Å². The Morgan fingerprint density at radius 3 is 2.33 bits per heavy atom. The maximum Gasteiger partial charge on any atom is 0.161 e. The summed E-state index contributed by atoms with van der Waals surface area (Å²) in [7, 11) is 1.64. The fraction of sp³-hybridized carbons (Fsp3) is 0.294. The van der Waals surface area contributed by atoms with Crippen molar-refractivity contribution in [3.8, 4) is 11.5 Å². The number of hydrogen-bond donors (Lipinski definition) is 1. The largest absolute Gasteiger partial charge is 0.493 e. The van der Waals surface area contributed by atoms with E-state index in [2.05, 4.69) is 11.8 Å². The average Bonchev–Trinajstić information content (AvgIpc) is 2.53. The highest BCUT2D eigenvalue weighted by Crippen LogP contribution is 2.26. The third-order valence-electron chi connectivity index (χ3n) is 3.35. The van der Waals surface area contributed by atoms with Crippen molar-refractivity contribution in [3.05, 3.63) is 48.5 Å². The van der Waals surface area contributed by atoms with Gasteiger partial charge in [0.15, 0.2) is 11.5 Å². The van der Waals surface area contributed by atoms with Gasteiger partial charge < -0.3 is 20.1 Å². The Morgan fingerprint density at radius 2 is 1.67 bits per heavy atom. The Bertz CT molecular complexity index is 572. The summed E-state index contributed by atoms with van der Waals surface area (Å²) in [5.41, 5.74) is 7.86. The van der Waals surface area contributed by atoms with Crippen LogP contribution >= 0.6 is 0 Å². The third kappa shape index (κ3) is 3.81. The molecule has 2 aromatic carbocycles. The van der Waals surface area contributed by atoms with Gasteiger partial charge in [0, 0.05) is 6.54 Å². The maximum atomic E-state index is 6.02. The lowest BCUT2D eigenvalue weighted by molar-refractivity contribution is 0.300.